The van der Waals surface area contributed by atoms with Crippen LogP contribution in [0.15, 0.2) is 93.3 Å². The van der Waals surface area contributed by atoms with Crippen molar-refractivity contribution in [2.45, 2.75) is 90.1 Å². The van der Waals surface area contributed by atoms with Crippen LogP contribution in [0.1, 0.15) is 78.1 Å². The van der Waals surface area contributed by atoms with Gasteiger partial charge in [0.25, 0.3) is 0 Å². The van der Waals surface area contributed by atoms with E-state index in [4.69, 9.17) is 19.7 Å². The van der Waals surface area contributed by atoms with Crippen LogP contribution in [0.2, 0.25) is 0 Å². The van der Waals surface area contributed by atoms with Gasteiger partial charge < -0.3 is 86.2 Å². The van der Waals surface area contributed by atoms with Gasteiger partial charge in [0, 0.05) is 73.9 Å². The standard InChI is InChI=1S/C53H66N16O7S2.2ClH/c1-33(72)54-41-29-45(47(75-5)31-43(41)60-62-50-66(3)64-52(77-50)68(25-27-70)39-13-9-7-10-14-39)56-35-17-21-37(22-18-35)58-49(74)59-38-23-19-36(20-24-38)57-46-30-42(55-34(2)73)44(32-48(46)76-6)61-63-51-67(4)65-53(78-51)69(26-28-71)40-15-11-8-12-16-40;;/h17-24,29-32,39-40,70-71H,7-16,25-28H2,1-6H3,(H4,54,55,56,57,58,59,60,61,72,73,74);2*1H. The highest BCUT2D eigenvalue weighted by molar-refractivity contribution is 7.18. The number of aliphatic hydroxyl groups excluding tert-OH is 2. The molecule has 2 aliphatic rings. The molecule has 2 fully saturated rings. The van der Waals surface area contributed by atoms with E-state index < -0.39 is 6.03 Å². The van der Waals surface area contributed by atoms with E-state index in [9.17, 15) is 24.6 Å². The molecule has 8 rings (SSSR count). The fraction of sp³-hybridized carbons (Fsp3) is 0.415. The number of nitrogens with one attached hydrogen (secondary N) is 6. The molecule has 2 aliphatic carbocycles. The molecule has 2 aromatic heterocycles. The number of ether oxygens (including phenoxy) is 2. The van der Waals surface area contributed by atoms with Gasteiger partial charge in [-0.05, 0) is 119 Å². The molecular formula is C53H68Cl2N16O7S2. The van der Waals surface area contributed by atoms with Gasteiger partial charge in [-0.3, -0.25) is 9.59 Å². The Morgan fingerprint density at radius 2 is 0.925 bits per heavy atom. The minimum absolute atomic E-state index is 0. The van der Waals surface area contributed by atoms with E-state index in [-0.39, 0.29) is 49.8 Å². The summed E-state index contributed by atoms with van der Waals surface area (Å²) in [4.78, 5) is 42.2. The van der Waals surface area contributed by atoms with Gasteiger partial charge in [-0.2, -0.15) is 0 Å². The molecule has 27 heteroatoms. The lowest BCUT2D eigenvalue weighted by atomic mass is 9.94. The lowest BCUT2D eigenvalue weighted by Crippen LogP contribution is -3.00. The first-order valence-electron chi connectivity index (χ1n) is 26.0. The summed E-state index contributed by atoms with van der Waals surface area (Å²) >= 11 is 2.78. The minimum Gasteiger partial charge on any atom is -1.00 e. The second-order valence-electron chi connectivity index (χ2n) is 18.9. The summed E-state index contributed by atoms with van der Waals surface area (Å²) in [5.74, 6) is 0.299. The number of benzene rings is 4. The van der Waals surface area contributed by atoms with Gasteiger partial charge in [0.2, 0.25) is 22.1 Å². The fourth-order valence-electron chi connectivity index (χ4n) is 9.44. The van der Waals surface area contributed by atoms with Crippen LogP contribution in [0.25, 0.3) is 0 Å². The van der Waals surface area contributed by atoms with Gasteiger partial charge in [0.1, 0.15) is 37.0 Å². The molecule has 428 valence electrons. The van der Waals surface area contributed by atoms with Crippen LogP contribution in [0.4, 0.5) is 82.2 Å². The Labute approximate surface area is 485 Å². The Balaban J connectivity index is 0.00000516. The minimum atomic E-state index is -0.459. The number of methoxy groups -OCH3 is 2. The maximum atomic E-state index is 13.2. The number of anilines is 10. The Hall–Kier alpha value is -7.29. The van der Waals surface area contributed by atoms with E-state index in [2.05, 4.69) is 62.2 Å². The van der Waals surface area contributed by atoms with E-state index >= 15 is 0 Å². The Morgan fingerprint density at radius 3 is 1.26 bits per heavy atom. The number of halogens is 2. The molecule has 0 spiro atoms. The van der Waals surface area contributed by atoms with Crippen molar-refractivity contribution in [1.29, 1.82) is 0 Å². The molecule has 6 aromatic rings. The van der Waals surface area contributed by atoms with Crippen molar-refractivity contribution in [3.8, 4) is 11.5 Å². The summed E-state index contributed by atoms with van der Waals surface area (Å²) in [6.45, 7) is 3.84. The maximum absolute atomic E-state index is 13.2. The van der Waals surface area contributed by atoms with Crippen LogP contribution in [0, 0.1) is 0 Å². The number of urea groups is 1. The fourth-order valence-corrected chi connectivity index (χ4v) is 11.3. The predicted octanol–water partition coefficient (Wildman–Crippen LogP) is 4.42. The lowest BCUT2D eigenvalue weighted by Gasteiger charge is -2.32. The van der Waals surface area contributed by atoms with E-state index in [1.807, 2.05) is 0 Å². The van der Waals surface area contributed by atoms with Crippen LogP contribution in [-0.2, 0) is 23.7 Å². The summed E-state index contributed by atoms with van der Waals surface area (Å²) in [6.07, 6.45) is 11.3. The summed E-state index contributed by atoms with van der Waals surface area (Å²) < 4.78 is 14.8. The van der Waals surface area contributed by atoms with Gasteiger partial charge in [-0.25, -0.2) is 4.79 Å². The number of aromatic nitrogens is 4. The number of amides is 4. The number of hydrogen-bond acceptors (Lipinski definition) is 19. The van der Waals surface area contributed by atoms with Crippen molar-refractivity contribution >= 4 is 118 Å². The average Bonchev–Trinajstić information content (AvgIpc) is 4.00. The van der Waals surface area contributed by atoms with Gasteiger partial charge in [0.05, 0.1) is 60.4 Å². The highest BCUT2D eigenvalue weighted by Crippen LogP contribution is 2.42. The summed E-state index contributed by atoms with van der Waals surface area (Å²) in [7, 11) is 6.67. The predicted molar refractivity (Wildman–Crippen MR) is 304 cm³/mol. The summed E-state index contributed by atoms with van der Waals surface area (Å²) in [6, 6.07) is 21.1. The van der Waals surface area contributed by atoms with Crippen molar-refractivity contribution in [1.82, 2.24) is 10.2 Å². The van der Waals surface area contributed by atoms with Crippen molar-refractivity contribution in [3.05, 3.63) is 72.8 Å². The molecule has 0 radical (unpaired) electrons. The Morgan fingerprint density at radius 1 is 0.562 bits per heavy atom. The molecule has 0 unspecified atom stereocenters. The smallest absolute Gasteiger partial charge is 0.431 e. The zero-order valence-electron chi connectivity index (χ0n) is 45.5. The van der Waals surface area contributed by atoms with E-state index in [0.717, 1.165) is 61.6 Å². The van der Waals surface area contributed by atoms with Crippen LogP contribution in [0.5, 0.6) is 11.5 Å². The number of aliphatic hydroxyl groups is 2. The maximum Gasteiger partial charge on any atom is 0.431 e. The highest BCUT2D eigenvalue weighted by atomic mass is 35.5. The zero-order valence-corrected chi connectivity index (χ0v) is 48.6. The van der Waals surface area contributed by atoms with Crippen LogP contribution in [0.3, 0.4) is 0 Å². The van der Waals surface area contributed by atoms with Crippen molar-refractivity contribution in [3.63, 3.8) is 0 Å². The number of nitrogens with zero attached hydrogens (tertiary/aromatic N) is 10. The van der Waals surface area contributed by atoms with Gasteiger partial charge >= 0.3 is 16.3 Å². The van der Waals surface area contributed by atoms with Gasteiger partial charge in [-0.1, -0.05) is 48.7 Å². The number of rotatable bonds is 22. The molecule has 8 N–H and O–H groups in total. The molecule has 0 bridgehead atoms. The number of carbonyl (C=O) groups is 3. The molecule has 4 amide bonds. The molecule has 0 atom stereocenters. The third kappa shape index (κ3) is 16.4. The summed E-state index contributed by atoms with van der Waals surface area (Å²) in [5, 5.41) is 67.9. The number of carbonyl (C=O) groups excluding carboxylic acids is 3. The van der Waals surface area contributed by atoms with Crippen molar-refractivity contribution in [2.24, 2.45) is 34.6 Å². The van der Waals surface area contributed by atoms with Crippen LogP contribution < -0.4 is 85.4 Å². The van der Waals surface area contributed by atoms with Gasteiger partial charge in [0.15, 0.2) is 0 Å². The monoisotopic (exact) mass is 1170 g/mol. The molecule has 2 heterocycles. The number of azo groups is 2. The second-order valence-corrected chi connectivity index (χ2v) is 20.8. The zero-order chi connectivity index (χ0) is 55.1. The molecule has 4 aromatic carbocycles. The van der Waals surface area contributed by atoms with E-state index in [1.165, 1.54) is 63.6 Å². The Bertz CT molecular complexity index is 2890. The van der Waals surface area contributed by atoms with Crippen molar-refractivity contribution in [2.75, 3.05) is 82.2 Å². The van der Waals surface area contributed by atoms with Crippen LogP contribution in [-0.4, -0.2) is 90.9 Å². The number of aryl methyl sites for hydroxylation is 2. The topological polar surface area (TPSA) is 272 Å². The molecule has 0 saturated heterocycles. The molecule has 80 heavy (non-hydrogen) atoms. The SMILES string of the molecule is COc1cc(N=Nc2sc(N(CCO)C3CCCCC3)n[n+]2C)c(NC(C)=O)cc1Nc1ccc(NC(=O)Nc2ccc(Nc3cc(NC(C)=O)c(N=Nc4sc(N(CCO)C5CCCCC5)n[n+]4C)cc3OC)cc2)cc1.[Cl-].[Cl-]. The van der Waals surface area contributed by atoms with Gasteiger partial charge in [-0.15, -0.1) is 9.36 Å². The van der Waals surface area contributed by atoms with Crippen LogP contribution >= 0.6 is 22.7 Å². The molecule has 0 aliphatic heterocycles. The second kappa shape index (κ2) is 29.8. The van der Waals surface area contributed by atoms with E-state index in [0.29, 0.717) is 104 Å². The Kier molecular flexibility index (Phi) is 23.1. The average molecular weight is 1180 g/mol. The molecular weight excluding hydrogens is 1110 g/mol. The summed E-state index contributed by atoms with van der Waals surface area (Å²) in [5.41, 5.74) is 5.07. The number of hydrogen-bond donors (Lipinski definition) is 8. The molecule has 23 nitrogen and oxygen atoms in total. The van der Waals surface area contributed by atoms with E-state index in [1.54, 1.807) is 96.3 Å². The first-order chi connectivity index (χ1) is 37.8. The third-order valence-electron chi connectivity index (χ3n) is 13.2. The third-order valence-corrected chi connectivity index (χ3v) is 15.2. The first kappa shape index (κ1) is 61.9. The van der Waals surface area contributed by atoms with Crippen molar-refractivity contribution < 1.29 is 68.2 Å². The highest BCUT2D eigenvalue weighted by Gasteiger charge is 2.30. The quantitative estimate of drug-likeness (QED) is 0.0346. The normalized spacial score (nSPS) is 13.7. The first-order valence-corrected chi connectivity index (χ1v) is 27.6. The largest absolute Gasteiger partial charge is 1.00 e. The molecule has 2 saturated carbocycles. The lowest BCUT2D eigenvalue weighted by molar-refractivity contribution is -0.712.